The highest BCUT2D eigenvalue weighted by Crippen LogP contribution is 2.44. The Morgan fingerprint density at radius 1 is 1.30 bits per heavy atom. The summed E-state index contributed by atoms with van der Waals surface area (Å²) >= 11 is 0. The van der Waals surface area contributed by atoms with E-state index in [1.165, 1.54) is 23.4 Å². The monoisotopic (exact) mass is 450 g/mol. The Kier molecular flexibility index (Phi) is 4.94. The number of anilines is 2. The van der Waals surface area contributed by atoms with Crippen molar-refractivity contribution in [1.29, 1.82) is 5.26 Å². The van der Waals surface area contributed by atoms with E-state index >= 15 is 0 Å². The van der Waals surface area contributed by atoms with Gasteiger partial charge in [0.15, 0.2) is 0 Å². The fourth-order valence-electron chi connectivity index (χ4n) is 5.00. The van der Waals surface area contributed by atoms with Crippen molar-refractivity contribution in [3.8, 4) is 6.07 Å². The number of rotatable bonds is 3. The molecule has 1 aliphatic heterocycles. The number of halogens is 2. The minimum atomic E-state index is -3.04. The Morgan fingerprint density at radius 2 is 2.12 bits per heavy atom. The summed E-state index contributed by atoms with van der Waals surface area (Å²) in [5.41, 5.74) is 2.26. The number of aromatic nitrogens is 3. The molecule has 33 heavy (non-hydrogen) atoms. The van der Waals surface area contributed by atoms with Crippen LogP contribution in [-0.2, 0) is 12.0 Å². The lowest BCUT2D eigenvalue weighted by atomic mass is 9.85. The molecule has 3 heterocycles. The van der Waals surface area contributed by atoms with Gasteiger partial charge in [-0.15, -0.1) is 0 Å². The van der Waals surface area contributed by atoms with Crippen LogP contribution in [0.15, 0.2) is 35.3 Å². The predicted molar refractivity (Wildman–Crippen MR) is 121 cm³/mol. The summed E-state index contributed by atoms with van der Waals surface area (Å²) in [5, 5.41) is 16.4. The molecule has 1 saturated carbocycles. The zero-order valence-corrected chi connectivity index (χ0v) is 18.5. The van der Waals surface area contributed by atoms with E-state index in [1.807, 2.05) is 18.2 Å². The standard InChI is InChI=1S/C24H24F2N6O/c1-23(2)18-6-5-17(11-14(18)7-9-29-23)30-22-28-13-16-10-15(12-27)21(33)32(20(16)31-22)19-4-3-8-24(19,25)26/h5-6,10-11,13,19,29H,3-4,7-9H2,1-2H3,(H,28,30,31). The third kappa shape index (κ3) is 3.64. The Labute approximate surface area is 189 Å². The molecule has 0 saturated heterocycles. The lowest BCUT2D eigenvalue weighted by molar-refractivity contribution is -0.0304. The quantitative estimate of drug-likeness (QED) is 0.623. The second kappa shape index (κ2) is 7.59. The van der Waals surface area contributed by atoms with Crippen molar-refractivity contribution < 1.29 is 8.78 Å². The fraction of sp³-hybridized carbons (Fsp3) is 0.417. The van der Waals surface area contributed by atoms with Crippen LogP contribution < -0.4 is 16.2 Å². The molecule has 1 fully saturated rings. The number of fused-ring (bicyclic) bond motifs is 2. The van der Waals surface area contributed by atoms with Gasteiger partial charge in [0.25, 0.3) is 11.5 Å². The van der Waals surface area contributed by atoms with E-state index in [4.69, 9.17) is 0 Å². The van der Waals surface area contributed by atoms with Crippen LogP contribution in [0, 0.1) is 11.3 Å². The molecule has 5 rings (SSSR count). The van der Waals surface area contributed by atoms with Crippen LogP contribution in [0.4, 0.5) is 20.4 Å². The van der Waals surface area contributed by atoms with Gasteiger partial charge in [-0.1, -0.05) is 6.07 Å². The molecular weight excluding hydrogens is 426 g/mol. The Morgan fingerprint density at radius 3 is 2.85 bits per heavy atom. The SMILES string of the molecule is CC1(C)NCCc2cc(Nc3ncc4cc(C#N)c(=O)n(C5CCCC5(F)F)c4n3)ccc21. The van der Waals surface area contributed by atoms with E-state index < -0.39 is 17.5 Å². The van der Waals surface area contributed by atoms with E-state index in [-0.39, 0.29) is 35.5 Å². The number of hydrogen-bond donors (Lipinski definition) is 2. The number of nitrogens with one attached hydrogen (secondary N) is 2. The smallest absolute Gasteiger partial charge is 0.270 e. The van der Waals surface area contributed by atoms with Crippen LogP contribution in [-0.4, -0.2) is 27.0 Å². The number of nitrogens with zero attached hydrogens (tertiary/aromatic N) is 4. The largest absolute Gasteiger partial charge is 0.324 e. The van der Waals surface area contributed by atoms with E-state index in [0.29, 0.717) is 11.8 Å². The molecule has 2 N–H and O–H groups in total. The van der Waals surface area contributed by atoms with Crippen LogP contribution in [0.2, 0.25) is 0 Å². The molecule has 170 valence electrons. The van der Waals surface area contributed by atoms with E-state index in [1.54, 1.807) is 0 Å². The summed E-state index contributed by atoms with van der Waals surface area (Å²) in [6.45, 7) is 5.15. The van der Waals surface area contributed by atoms with Crippen LogP contribution in [0.1, 0.15) is 55.8 Å². The van der Waals surface area contributed by atoms with Gasteiger partial charge in [-0.2, -0.15) is 10.2 Å². The number of hydrogen-bond acceptors (Lipinski definition) is 6. The third-order valence-electron chi connectivity index (χ3n) is 6.68. The lowest BCUT2D eigenvalue weighted by Gasteiger charge is -2.34. The van der Waals surface area contributed by atoms with Crippen LogP contribution in [0.3, 0.4) is 0 Å². The zero-order valence-electron chi connectivity index (χ0n) is 18.5. The first-order valence-electron chi connectivity index (χ1n) is 11.1. The molecule has 1 atom stereocenters. The van der Waals surface area contributed by atoms with Crippen molar-refractivity contribution in [3.63, 3.8) is 0 Å². The summed E-state index contributed by atoms with van der Waals surface area (Å²) in [4.78, 5) is 21.6. The van der Waals surface area contributed by atoms with Crippen molar-refractivity contribution >= 4 is 22.7 Å². The summed E-state index contributed by atoms with van der Waals surface area (Å²) in [7, 11) is 0. The maximum Gasteiger partial charge on any atom is 0.270 e. The minimum Gasteiger partial charge on any atom is -0.324 e. The van der Waals surface area contributed by atoms with Crippen molar-refractivity contribution in [2.75, 3.05) is 11.9 Å². The van der Waals surface area contributed by atoms with Crippen LogP contribution >= 0.6 is 0 Å². The number of pyridine rings is 1. The Balaban J connectivity index is 1.58. The van der Waals surface area contributed by atoms with Crippen molar-refractivity contribution in [2.24, 2.45) is 0 Å². The second-order valence-corrected chi connectivity index (χ2v) is 9.29. The summed E-state index contributed by atoms with van der Waals surface area (Å²) < 4.78 is 30.2. The molecule has 0 radical (unpaired) electrons. The van der Waals surface area contributed by atoms with Crippen molar-refractivity contribution in [2.45, 2.75) is 57.0 Å². The molecule has 7 nitrogen and oxygen atoms in total. The van der Waals surface area contributed by atoms with E-state index in [0.717, 1.165) is 23.2 Å². The van der Waals surface area contributed by atoms with E-state index in [9.17, 15) is 18.8 Å². The molecule has 0 spiro atoms. The van der Waals surface area contributed by atoms with Crippen LogP contribution in [0.5, 0.6) is 0 Å². The first-order chi connectivity index (χ1) is 15.7. The highest BCUT2D eigenvalue weighted by atomic mass is 19.3. The maximum absolute atomic E-state index is 14.6. The summed E-state index contributed by atoms with van der Waals surface area (Å²) in [5.74, 6) is -2.84. The topological polar surface area (TPSA) is 95.6 Å². The molecule has 9 heteroatoms. The van der Waals surface area contributed by atoms with Gasteiger partial charge in [0, 0.05) is 29.2 Å². The van der Waals surface area contributed by atoms with Gasteiger partial charge in [0.05, 0.1) is 0 Å². The molecule has 3 aromatic rings. The van der Waals surface area contributed by atoms with Crippen LogP contribution in [0.25, 0.3) is 11.0 Å². The lowest BCUT2D eigenvalue weighted by Crippen LogP contribution is -2.42. The Hall–Kier alpha value is -3.38. The number of benzene rings is 1. The average molecular weight is 450 g/mol. The fourth-order valence-corrected chi connectivity index (χ4v) is 5.00. The molecule has 0 bridgehead atoms. The van der Waals surface area contributed by atoms with Gasteiger partial charge in [-0.3, -0.25) is 9.36 Å². The van der Waals surface area contributed by atoms with Gasteiger partial charge in [-0.05, 0) is 69.0 Å². The summed E-state index contributed by atoms with van der Waals surface area (Å²) in [6, 6.07) is 7.87. The molecule has 1 aromatic carbocycles. The third-order valence-corrected chi connectivity index (χ3v) is 6.68. The van der Waals surface area contributed by atoms with Gasteiger partial charge >= 0.3 is 0 Å². The minimum absolute atomic E-state index is 0.103. The van der Waals surface area contributed by atoms with Gasteiger partial charge in [-0.25, -0.2) is 13.8 Å². The average Bonchev–Trinajstić information content (AvgIpc) is 3.11. The Bertz CT molecular complexity index is 1360. The molecule has 2 aromatic heterocycles. The normalized spacial score (nSPS) is 20.9. The van der Waals surface area contributed by atoms with Crippen molar-refractivity contribution in [1.82, 2.24) is 19.9 Å². The second-order valence-electron chi connectivity index (χ2n) is 9.29. The summed E-state index contributed by atoms with van der Waals surface area (Å²) in [6.07, 6.45) is 2.51. The maximum atomic E-state index is 14.6. The molecule has 1 unspecified atom stereocenters. The molecule has 2 aliphatic rings. The van der Waals surface area contributed by atoms with Gasteiger partial charge < -0.3 is 10.6 Å². The first-order valence-corrected chi connectivity index (χ1v) is 11.1. The van der Waals surface area contributed by atoms with Gasteiger partial charge in [0.1, 0.15) is 23.3 Å². The molecule has 1 aliphatic carbocycles. The highest BCUT2D eigenvalue weighted by molar-refractivity contribution is 5.77. The zero-order chi connectivity index (χ0) is 23.4. The molecule has 0 amide bonds. The first kappa shape index (κ1) is 21.5. The molecular formula is C24H24F2N6O. The highest BCUT2D eigenvalue weighted by Gasteiger charge is 2.46. The van der Waals surface area contributed by atoms with Crippen molar-refractivity contribution in [3.05, 3.63) is 57.5 Å². The number of alkyl halides is 2. The number of nitriles is 1. The van der Waals surface area contributed by atoms with Gasteiger partial charge in [0.2, 0.25) is 5.95 Å². The van der Waals surface area contributed by atoms with E-state index in [2.05, 4.69) is 40.5 Å². The predicted octanol–water partition coefficient (Wildman–Crippen LogP) is 4.15.